The standard InChI is InChI=1S/C15H20ClN5O3/c1-23-9-7-20(8-10-24-2)14(22)11-21-18-15(17-19-21)12-3-5-13(16)6-4-12/h3-6H,7-11H2,1-2H3. The molecule has 0 saturated carbocycles. The van der Waals surface area contributed by atoms with Crippen molar-refractivity contribution in [2.24, 2.45) is 0 Å². The molecule has 1 aromatic heterocycles. The minimum absolute atomic E-state index is 0.00795. The molecule has 1 amide bonds. The van der Waals surface area contributed by atoms with Gasteiger partial charge >= 0.3 is 0 Å². The molecule has 0 N–H and O–H groups in total. The SMILES string of the molecule is COCCN(CCOC)C(=O)Cn1nnc(-c2ccc(Cl)cc2)n1. The van der Waals surface area contributed by atoms with E-state index in [2.05, 4.69) is 15.4 Å². The Morgan fingerprint density at radius 2 is 1.79 bits per heavy atom. The molecule has 0 unspecified atom stereocenters. The van der Waals surface area contributed by atoms with Gasteiger partial charge in [0, 0.05) is 37.9 Å². The van der Waals surface area contributed by atoms with Crippen LogP contribution in [0.2, 0.25) is 5.02 Å². The van der Waals surface area contributed by atoms with Crippen LogP contribution in [-0.4, -0.2) is 71.5 Å². The van der Waals surface area contributed by atoms with Crippen molar-refractivity contribution in [1.29, 1.82) is 0 Å². The van der Waals surface area contributed by atoms with Gasteiger partial charge in [-0.25, -0.2) is 0 Å². The number of halogens is 1. The summed E-state index contributed by atoms with van der Waals surface area (Å²) >= 11 is 5.86. The molecule has 0 saturated heterocycles. The van der Waals surface area contributed by atoms with E-state index in [1.165, 1.54) is 4.80 Å². The maximum absolute atomic E-state index is 12.4. The van der Waals surface area contributed by atoms with Crippen LogP contribution in [0.5, 0.6) is 0 Å². The number of tetrazole rings is 1. The Labute approximate surface area is 145 Å². The Morgan fingerprint density at radius 1 is 1.17 bits per heavy atom. The van der Waals surface area contributed by atoms with Crippen LogP contribution in [-0.2, 0) is 20.8 Å². The lowest BCUT2D eigenvalue weighted by atomic mass is 10.2. The molecule has 0 aliphatic rings. The van der Waals surface area contributed by atoms with E-state index in [0.29, 0.717) is 37.2 Å². The molecule has 0 bridgehead atoms. The molecule has 9 heteroatoms. The van der Waals surface area contributed by atoms with E-state index in [1.54, 1.807) is 43.4 Å². The van der Waals surface area contributed by atoms with E-state index < -0.39 is 0 Å². The molecule has 0 aliphatic carbocycles. The Balaban J connectivity index is 2.01. The second-order valence-electron chi connectivity index (χ2n) is 5.02. The molecule has 8 nitrogen and oxygen atoms in total. The summed E-state index contributed by atoms with van der Waals surface area (Å²) < 4.78 is 10.1. The van der Waals surface area contributed by atoms with Crippen molar-refractivity contribution >= 4 is 17.5 Å². The minimum Gasteiger partial charge on any atom is -0.383 e. The van der Waals surface area contributed by atoms with Gasteiger partial charge in [-0.2, -0.15) is 4.80 Å². The summed E-state index contributed by atoms with van der Waals surface area (Å²) in [6.45, 7) is 1.88. The third kappa shape index (κ3) is 5.26. The highest BCUT2D eigenvalue weighted by Gasteiger charge is 2.16. The number of carbonyl (C=O) groups excluding carboxylic acids is 1. The second-order valence-corrected chi connectivity index (χ2v) is 5.45. The molecule has 2 aromatic rings. The lowest BCUT2D eigenvalue weighted by Gasteiger charge is -2.21. The number of hydrogen-bond donors (Lipinski definition) is 0. The fourth-order valence-corrected chi connectivity index (χ4v) is 2.14. The van der Waals surface area contributed by atoms with Crippen LogP contribution in [0.1, 0.15) is 0 Å². The summed E-state index contributed by atoms with van der Waals surface area (Å²) in [6.07, 6.45) is 0. The van der Waals surface area contributed by atoms with E-state index in [9.17, 15) is 4.79 Å². The van der Waals surface area contributed by atoms with E-state index in [1.807, 2.05) is 0 Å². The topological polar surface area (TPSA) is 82.4 Å². The van der Waals surface area contributed by atoms with Crippen LogP contribution >= 0.6 is 11.6 Å². The largest absolute Gasteiger partial charge is 0.383 e. The van der Waals surface area contributed by atoms with Crippen molar-refractivity contribution in [3.05, 3.63) is 29.3 Å². The Kier molecular flexibility index (Phi) is 7.10. The molecule has 130 valence electrons. The highest BCUT2D eigenvalue weighted by Crippen LogP contribution is 2.16. The average Bonchev–Trinajstić information content (AvgIpc) is 3.04. The van der Waals surface area contributed by atoms with Gasteiger partial charge in [0.2, 0.25) is 11.7 Å². The predicted octanol–water partition coefficient (Wildman–Crippen LogP) is 1.11. The summed E-state index contributed by atoms with van der Waals surface area (Å²) in [7, 11) is 3.19. The van der Waals surface area contributed by atoms with E-state index in [4.69, 9.17) is 21.1 Å². The third-order valence-corrected chi connectivity index (χ3v) is 3.57. The number of rotatable bonds is 9. The molecule has 1 heterocycles. The van der Waals surface area contributed by atoms with Gasteiger partial charge in [0.15, 0.2) is 0 Å². The number of aromatic nitrogens is 4. The zero-order valence-corrected chi connectivity index (χ0v) is 14.4. The van der Waals surface area contributed by atoms with Crippen molar-refractivity contribution in [3.63, 3.8) is 0 Å². The van der Waals surface area contributed by atoms with Gasteiger partial charge in [0.25, 0.3) is 0 Å². The number of methoxy groups -OCH3 is 2. The smallest absolute Gasteiger partial charge is 0.246 e. The first-order valence-corrected chi connectivity index (χ1v) is 7.81. The van der Waals surface area contributed by atoms with Crippen molar-refractivity contribution < 1.29 is 14.3 Å². The molecular weight excluding hydrogens is 334 g/mol. The molecule has 1 aromatic carbocycles. The number of benzene rings is 1. The first-order valence-electron chi connectivity index (χ1n) is 7.43. The van der Waals surface area contributed by atoms with Gasteiger partial charge in [0.1, 0.15) is 6.54 Å². The van der Waals surface area contributed by atoms with Crippen LogP contribution in [0.3, 0.4) is 0 Å². The van der Waals surface area contributed by atoms with Crippen molar-refractivity contribution in [3.8, 4) is 11.4 Å². The summed E-state index contributed by atoms with van der Waals surface area (Å²) in [5.41, 5.74) is 0.786. The minimum atomic E-state index is -0.121. The van der Waals surface area contributed by atoms with Gasteiger partial charge in [-0.15, -0.1) is 10.2 Å². The first kappa shape index (κ1) is 18.3. The molecule has 0 atom stereocenters. The number of hydrogen-bond acceptors (Lipinski definition) is 6. The third-order valence-electron chi connectivity index (χ3n) is 3.32. The van der Waals surface area contributed by atoms with Gasteiger partial charge in [0.05, 0.1) is 13.2 Å². The summed E-state index contributed by atoms with van der Waals surface area (Å²) in [5, 5.41) is 12.8. The highest BCUT2D eigenvalue weighted by molar-refractivity contribution is 6.30. The van der Waals surface area contributed by atoms with E-state index >= 15 is 0 Å². The number of amides is 1. The van der Waals surface area contributed by atoms with Gasteiger partial charge < -0.3 is 14.4 Å². The second kappa shape index (κ2) is 9.31. The molecular formula is C15H20ClN5O3. The Morgan fingerprint density at radius 3 is 2.38 bits per heavy atom. The van der Waals surface area contributed by atoms with Gasteiger partial charge in [-0.1, -0.05) is 11.6 Å². The maximum atomic E-state index is 12.4. The van der Waals surface area contributed by atoms with Crippen LogP contribution in [0.4, 0.5) is 0 Å². The molecule has 0 fully saturated rings. The van der Waals surface area contributed by atoms with Crippen LogP contribution in [0.15, 0.2) is 24.3 Å². The maximum Gasteiger partial charge on any atom is 0.246 e. The molecule has 0 radical (unpaired) electrons. The zero-order valence-electron chi connectivity index (χ0n) is 13.7. The van der Waals surface area contributed by atoms with E-state index in [-0.39, 0.29) is 12.5 Å². The van der Waals surface area contributed by atoms with Crippen LogP contribution < -0.4 is 0 Å². The van der Waals surface area contributed by atoms with Crippen LogP contribution in [0.25, 0.3) is 11.4 Å². The van der Waals surface area contributed by atoms with Gasteiger partial charge in [-0.05, 0) is 29.5 Å². The van der Waals surface area contributed by atoms with Gasteiger partial charge in [-0.3, -0.25) is 4.79 Å². The molecule has 0 spiro atoms. The normalized spacial score (nSPS) is 10.8. The molecule has 0 aliphatic heterocycles. The lowest BCUT2D eigenvalue weighted by Crippen LogP contribution is -2.39. The number of nitrogens with zero attached hydrogens (tertiary/aromatic N) is 5. The lowest BCUT2D eigenvalue weighted by molar-refractivity contribution is -0.133. The predicted molar refractivity (Wildman–Crippen MR) is 88.6 cm³/mol. The summed E-state index contributed by atoms with van der Waals surface area (Å²) in [4.78, 5) is 15.3. The number of carbonyl (C=O) groups is 1. The Hall–Kier alpha value is -2.03. The zero-order chi connectivity index (χ0) is 17.4. The fourth-order valence-electron chi connectivity index (χ4n) is 2.01. The van der Waals surface area contributed by atoms with Crippen molar-refractivity contribution in [2.45, 2.75) is 6.54 Å². The summed E-state index contributed by atoms with van der Waals surface area (Å²) in [5.74, 6) is 0.323. The summed E-state index contributed by atoms with van der Waals surface area (Å²) in [6, 6.07) is 7.10. The van der Waals surface area contributed by atoms with Crippen molar-refractivity contribution in [1.82, 2.24) is 25.1 Å². The monoisotopic (exact) mass is 353 g/mol. The van der Waals surface area contributed by atoms with Crippen molar-refractivity contribution in [2.75, 3.05) is 40.5 Å². The average molecular weight is 354 g/mol. The Bertz CT molecular complexity index is 639. The quantitative estimate of drug-likeness (QED) is 0.671. The number of ether oxygens (including phenoxy) is 2. The fraction of sp³-hybridized carbons (Fsp3) is 0.467. The molecule has 24 heavy (non-hydrogen) atoms. The highest BCUT2D eigenvalue weighted by atomic mass is 35.5. The van der Waals surface area contributed by atoms with E-state index in [0.717, 1.165) is 5.56 Å². The molecule has 2 rings (SSSR count). The first-order chi connectivity index (χ1) is 11.6. The van der Waals surface area contributed by atoms with Crippen LogP contribution in [0, 0.1) is 0 Å².